The third-order valence-electron chi connectivity index (χ3n) is 2.48. The Morgan fingerprint density at radius 1 is 0.867 bits per heavy atom. The Morgan fingerprint density at radius 3 is 1.40 bits per heavy atom. The van der Waals surface area contributed by atoms with Gasteiger partial charge in [-0.1, -0.05) is 34.1 Å². The minimum Gasteiger partial charge on any atom is -0.213 e. The number of rotatable bonds is 4. The van der Waals surface area contributed by atoms with Crippen molar-refractivity contribution in [3.8, 4) is 0 Å². The fourth-order valence-corrected chi connectivity index (χ4v) is 2.66. The first-order valence-electron chi connectivity index (χ1n) is 5.71. The molecule has 0 fully saturated rings. The molecule has 0 aliphatic rings. The molecule has 0 unspecified atom stereocenters. The first-order valence-corrected chi connectivity index (χ1v) is 7.61. The Hall–Kier alpha value is 0.403. The quantitative estimate of drug-likeness (QED) is 0.436. The van der Waals surface area contributed by atoms with Gasteiger partial charge in [0.2, 0.25) is 0 Å². The molecule has 1 aromatic carbocycles. The van der Waals surface area contributed by atoms with Gasteiger partial charge in [-0.3, -0.25) is 0 Å². The van der Waals surface area contributed by atoms with Gasteiger partial charge in [-0.15, -0.1) is 7.92 Å². The number of aryl methyl sites for hydroxylation is 1. The zero-order valence-corrected chi connectivity index (χ0v) is 13.1. The summed E-state index contributed by atoms with van der Waals surface area (Å²) in [4.78, 5) is 0. The van der Waals surface area contributed by atoms with Gasteiger partial charge in [0.1, 0.15) is 0 Å². The third kappa shape index (κ3) is 9.34. The van der Waals surface area contributed by atoms with Crippen molar-refractivity contribution < 1.29 is 19.5 Å². The maximum Gasteiger partial charge on any atom is 1.00 e. The normalized spacial score (nSPS) is 9.13. The van der Waals surface area contributed by atoms with Crippen molar-refractivity contribution in [2.75, 3.05) is 18.5 Å². The van der Waals surface area contributed by atoms with Gasteiger partial charge in [-0.2, -0.15) is 17.7 Å². The summed E-state index contributed by atoms with van der Waals surface area (Å²) < 4.78 is 0. The van der Waals surface area contributed by atoms with E-state index in [4.69, 9.17) is 0 Å². The molecular formula is C13H24PRu. The molecule has 1 rings (SSSR count). The predicted molar refractivity (Wildman–Crippen MR) is 70.0 cm³/mol. The molecule has 0 atom stereocenters. The van der Waals surface area contributed by atoms with E-state index in [-0.39, 0.29) is 19.5 Å². The summed E-state index contributed by atoms with van der Waals surface area (Å²) >= 11 is 0. The van der Waals surface area contributed by atoms with Crippen LogP contribution in [0, 0.1) is 0 Å². The first kappa shape index (κ1) is 17.8. The Morgan fingerprint density at radius 2 is 1.27 bits per heavy atom. The minimum atomic E-state index is 0. The molecule has 15 heavy (non-hydrogen) atoms. The van der Waals surface area contributed by atoms with Crippen molar-refractivity contribution in [2.45, 2.75) is 34.1 Å². The SMILES string of the molecule is CCP(CC)CC.CC[c-]1cccc1.[Ru+]. The van der Waals surface area contributed by atoms with Gasteiger partial charge in [0, 0.05) is 0 Å². The van der Waals surface area contributed by atoms with Crippen molar-refractivity contribution in [1.29, 1.82) is 0 Å². The fraction of sp³-hybridized carbons (Fsp3) is 0.615. The van der Waals surface area contributed by atoms with Crippen molar-refractivity contribution in [3.05, 3.63) is 29.8 Å². The van der Waals surface area contributed by atoms with Crippen LogP contribution in [0.2, 0.25) is 0 Å². The second-order valence-electron chi connectivity index (χ2n) is 3.27. The molecular weight excluding hydrogens is 288 g/mol. The van der Waals surface area contributed by atoms with E-state index in [1.807, 2.05) is 0 Å². The Kier molecular flexibility index (Phi) is 14.8. The molecule has 0 nitrogen and oxygen atoms in total. The van der Waals surface area contributed by atoms with Crippen LogP contribution in [0.1, 0.15) is 33.3 Å². The van der Waals surface area contributed by atoms with Crippen LogP contribution >= 0.6 is 7.92 Å². The van der Waals surface area contributed by atoms with Gasteiger partial charge in [0.05, 0.1) is 0 Å². The largest absolute Gasteiger partial charge is 1.00 e. The molecule has 0 saturated heterocycles. The summed E-state index contributed by atoms with van der Waals surface area (Å²) in [6.45, 7) is 9.03. The van der Waals surface area contributed by atoms with E-state index in [9.17, 15) is 0 Å². The average molecular weight is 312 g/mol. The molecule has 0 amide bonds. The van der Waals surface area contributed by atoms with E-state index in [1.54, 1.807) is 0 Å². The van der Waals surface area contributed by atoms with Crippen LogP contribution in [0.5, 0.6) is 0 Å². The van der Waals surface area contributed by atoms with Gasteiger partial charge in [0.25, 0.3) is 0 Å². The molecule has 0 N–H and O–H groups in total. The maximum atomic E-state index is 2.29. The Labute approximate surface area is 110 Å². The molecule has 0 aromatic heterocycles. The standard InChI is InChI=1S/C7H9.C6H15P.Ru/c1-2-7-5-3-4-6-7;1-4-7(5-2)6-3;/h3-6H,2H2,1H3;4-6H2,1-3H3;/q-1;;+1. The molecule has 0 aliphatic carbocycles. The second-order valence-corrected chi connectivity index (χ2v) is 6.51. The van der Waals surface area contributed by atoms with Gasteiger partial charge >= 0.3 is 19.5 Å². The summed E-state index contributed by atoms with van der Waals surface area (Å²) in [5, 5.41) is 0. The molecule has 89 valence electrons. The van der Waals surface area contributed by atoms with Crippen molar-refractivity contribution in [2.24, 2.45) is 0 Å². The molecule has 2 heteroatoms. The van der Waals surface area contributed by atoms with Crippen LogP contribution in [0.25, 0.3) is 0 Å². The molecule has 1 radical (unpaired) electrons. The molecule has 0 bridgehead atoms. The second kappa shape index (κ2) is 12.5. The van der Waals surface area contributed by atoms with E-state index in [0.717, 1.165) is 6.42 Å². The summed E-state index contributed by atoms with van der Waals surface area (Å²) in [7, 11) is 0.446. The van der Waals surface area contributed by atoms with Crippen molar-refractivity contribution in [3.63, 3.8) is 0 Å². The topological polar surface area (TPSA) is 0 Å². The van der Waals surface area contributed by atoms with Crippen molar-refractivity contribution in [1.82, 2.24) is 0 Å². The van der Waals surface area contributed by atoms with Gasteiger partial charge in [0.15, 0.2) is 0 Å². The number of hydrogen-bond donors (Lipinski definition) is 0. The van der Waals surface area contributed by atoms with Crippen LogP contribution < -0.4 is 0 Å². The smallest absolute Gasteiger partial charge is 0.213 e. The minimum absolute atomic E-state index is 0. The average Bonchev–Trinajstić information content (AvgIpc) is 2.74. The van der Waals surface area contributed by atoms with Crippen LogP contribution in [-0.4, -0.2) is 18.5 Å². The Bertz CT molecular complexity index is 185. The van der Waals surface area contributed by atoms with Gasteiger partial charge in [-0.25, -0.2) is 12.1 Å². The van der Waals surface area contributed by atoms with E-state index < -0.39 is 0 Å². The third-order valence-corrected chi connectivity index (χ3v) is 5.16. The van der Waals surface area contributed by atoms with E-state index in [2.05, 4.69) is 52.0 Å². The van der Waals surface area contributed by atoms with Crippen LogP contribution in [0.4, 0.5) is 0 Å². The fourth-order valence-electron chi connectivity index (χ4n) is 1.32. The number of hydrogen-bond acceptors (Lipinski definition) is 0. The van der Waals surface area contributed by atoms with E-state index in [1.165, 1.54) is 24.0 Å². The summed E-state index contributed by atoms with van der Waals surface area (Å²) in [6.07, 6.45) is 5.42. The van der Waals surface area contributed by atoms with E-state index >= 15 is 0 Å². The predicted octanol–water partition coefficient (Wildman–Crippen LogP) is 4.49. The van der Waals surface area contributed by atoms with Crippen LogP contribution in [-0.2, 0) is 25.9 Å². The van der Waals surface area contributed by atoms with Crippen LogP contribution in [0.15, 0.2) is 24.3 Å². The maximum absolute atomic E-state index is 2.29. The first-order chi connectivity index (χ1) is 6.78. The Balaban J connectivity index is 0. The van der Waals surface area contributed by atoms with Crippen LogP contribution in [0.3, 0.4) is 0 Å². The molecule has 0 heterocycles. The van der Waals surface area contributed by atoms with Gasteiger partial charge in [-0.05, 0) is 18.5 Å². The summed E-state index contributed by atoms with van der Waals surface area (Å²) in [5.74, 6) is 0. The summed E-state index contributed by atoms with van der Waals surface area (Å²) in [6, 6.07) is 8.41. The van der Waals surface area contributed by atoms with Crippen molar-refractivity contribution >= 4 is 7.92 Å². The molecule has 0 aliphatic heterocycles. The van der Waals surface area contributed by atoms with E-state index in [0.29, 0.717) is 7.92 Å². The zero-order valence-electron chi connectivity index (χ0n) is 10.4. The summed E-state index contributed by atoms with van der Waals surface area (Å²) in [5.41, 5.74) is 1.43. The molecule has 0 saturated carbocycles. The van der Waals surface area contributed by atoms with Gasteiger partial charge < -0.3 is 0 Å². The molecule has 1 aromatic rings. The molecule has 0 spiro atoms. The monoisotopic (exact) mass is 313 g/mol. The zero-order chi connectivity index (χ0) is 10.8.